The van der Waals surface area contributed by atoms with Crippen molar-refractivity contribution in [3.05, 3.63) is 97.6 Å². The maximum atomic E-state index is 11.4. The first-order chi connectivity index (χ1) is 20.5. The molecule has 0 aliphatic heterocycles. The van der Waals surface area contributed by atoms with Crippen LogP contribution < -0.4 is 10.4 Å². The molecular weight excluding hydrogens is 549 g/mol. The molecule has 0 aromatic heterocycles. The van der Waals surface area contributed by atoms with E-state index in [-0.39, 0.29) is 29.8 Å². The summed E-state index contributed by atoms with van der Waals surface area (Å²) >= 11 is 0. The molecule has 3 rings (SSSR count). The van der Waals surface area contributed by atoms with Crippen molar-refractivity contribution in [3.8, 4) is 0 Å². The van der Waals surface area contributed by atoms with Crippen molar-refractivity contribution in [1.29, 1.82) is 0 Å². The van der Waals surface area contributed by atoms with Crippen LogP contribution in [0.5, 0.6) is 0 Å². The minimum absolute atomic E-state index is 0.0253. The number of hydrogen-bond donors (Lipinski definition) is 1. The molecule has 0 bridgehead atoms. The number of methoxy groups -OCH3 is 1. The molecule has 43 heavy (non-hydrogen) atoms. The summed E-state index contributed by atoms with van der Waals surface area (Å²) < 4.78 is 18.6. The number of allylic oxidation sites excluding steroid dienone is 2. The molecule has 0 fully saturated rings. The van der Waals surface area contributed by atoms with Crippen LogP contribution in [0.1, 0.15) is 67.2 Å². The molecule has 4 nitrogen and oxygen atoms in total. The van der Waals surface area contributed by atoms with Crippen molar-refractivity contribution in [3.63, 3.8) is 0 Å². The van der Waals surface area contributed by atoms with Gasteiger partial charge >= 0.3 is 0 Å². The molecule has 2 aromatic carbocycles. The Bertz CT molecular complexity index is 1110. The highest BCUT2D eigenvalue weighted by Crippen LogP contribution is 2.46. The Morgan fingerprint density at radius 1 is 0.977 bits per heavy atom. The van der Waals surface area contributed by atoms with E-state index in [0.717, 1.165) is 19.3 Å². The van der Waals surface area contributed by atoms with Crippen molar-refractivity contribution in [2.24, 2.45) is 23.7 Å². The van der Waals surface area contributed by atoms with Gasteiger partial charge in [-0.1, -0.05) is 119 Å². The quantitative estimate of drug-likeness (QED) is 0.121. The normalized spacial score (nSPS) is 21.6. The van der Waals surface area contributed by atoms with Crippen LogP contribution in [0, 0.1) is 23.7 Å². The summed E-state index contributed by atoms with van der Waals surface area (Å²) in [6.45, 7) is 22.1. The molecule has 2 aromatic rings. The fourth-order valence-corrected chi connectivity index (χ4v) is 12.0. The van der Waals surface area contributed by atoms with Gasteiger partial charge in [-0.3, -0.25) is 0 Å². The van der Waals surface area contributed by atoms with E-state index < -0.39 is 20.5 Å². The molecule has 1 N–H and O–H groups in total. The summed E-state index contributed by atoms with van der Waals surface area (Å²) in [6.07, 6.45) is 8.28. The molecule has 0 unspecified atom stereocenters. The first-order valence-electron chi connectivity index (χ1n) is 16.0. The molecule has 0 spiro atoms. The van der Waals surface area contributed by atoms with E-state index in [1.807, 2.05) is 6.08 Å². The average molecular weight is 605 g/mol. The number of hydrogen-bond acceptors (Lipinski definition) is 4. The second-order valence-corrected chi connectivity index (χ2v) is 17.9. The third kappa shape index (κ3) is 8.46. The van der Waals surface area contributed by atoms with Crippen molar-refractivity contribution in [1.82, 2.24) is 0 Å². The van der Waals surface area contributed by atoms with E-state index in [4.69, 9.17) is 13.9 Å². The van der Waals surface area contributed by atoms with Crippen molar-refractivity contribution in [2.45, 2.75) is 90.6 Å². The zero-order chi connectivity index (χ0) is 31.6. The standard InChI is InChI=1S/C38H56O4Si/c1-10-18-30(42-43(38(6,7)8,31-19-14-12-15-20-31)32-21-16-13-17-22-32)25-34-29(5)23-24-33(28(3)4)35(34)26-36(39)37(11-2)41-27-40-9/h10-17,19-23,28,30,33-37,39H,1-2,18,24-27H2,3-9H3/t30-,33-,34+,35+,36+,37+/m0/s1. The SMILES string of the molecule is C=CC[C@@H](C[C@@H]1C(C)=CC[C@@H](C(C)C)[C@H]1C[C@@H](O)[C@@H](C=C)OCOC)O[Si](c1ccccc1)(c1ccccc1)C(C)(C)C. The molecule has 0 radical (unpaired) electrons. The lowest BCUT2D eigenvalue weighted by atomic mass is 9.64. The lowest BCUT2D eigenvalue weighted by Gasteiger charge is -2.47. The zero-order valence-electron chi connectivity index (χ0n) is 27.7. The molecule has 0 saturated heterocycles. The zero-order valence-corrected chi connectivity index (χ0v) is 28.7. The first kappa shape index (κ1) is 35.2. The van der Waals surface area contributed by atoms with Crippen LogP contribution in [0.15, 0.2) is 97.6 Å². The van der Waals surface area contributed by atoms with Crippen LogP contribution in [0.3, 0.4) is 0 Å². The van der Waals surface area contributed by atoms with Gasteiger partial charge in [0.2, 0.25) is 0 Å². The Hall–Kier alpha value is -2.28. The number of aliphatic hydroxyl groups excluding tert-OH is 1. The summed E-state index contributed by atoms with van der Waals surface area (Å²) in [4.78, 5) is 0. The maximum Gasteiger partial charge on any atom is 0.261 e. The Kier molecular flexibility index (Phi) is 13.2. The minimum atomic E-state index is -2.75. The molecule has 0 saturated carbocycles. The van der Waals surface area contributed by atoms with Crippen LogP contribution in [0.25, 0.3) is 0 Å². The van der Waals surface area contributed by atoms with Gasteiger partial charge in [0, 0.05) is 13.2 Å². The van der Waals surface area contributed by atoms with Crippen molar-refractivity contribution in [2.75, 3.05) is 13.9 Å². The largest absolute Gasteiger partial charge is 0.404 e. The van der Waals surface area contributed by atoms with Gasteiger partial charge in [-0.15, -0.1) is 13.2 Å². The second kappa shape index (κ2) is 16.1. The molecule has 0 amide bonds. The Morgan fingerprint density at radius 2 is 1.56 bits per heavy atom. The van der Waals surface area contributed by atoms with Gasteiger partial charge < -0.3 is 19.0 Å². The Morgan fingerprint density at radius 3 is 2.02 bits per heavy atom. The molecule has 5 heteroatoms. The molecule has 6 atom stereocenters. The summed E-state index contributed by atoms with van der Waals surface area (Å²) in [7, 11) is -1.16. The van der Waals surface area contributed by atoms with E-state index >= 15 is 0 Å². The molecular formula is C38H56O4Si. The van der Waals surface area contributed by atoms with Gasteiger partial charge in [0.25, 0.3) is 8.32 Å². The Labute approximate surface area is 263 Å². The highest BCUT2D eigenvalue weighted by Gasteiger charge is 2.52. The van der Waals surface area contributed by atoms with Gasteiger partial charge in [0.05, 0.1) is 6.10 Å². The van der Waals surface area contributed by atoms with E-state index in [1.54, 1.807) is 13.2 Å². The van der Waals surface area contributed by atoms with Crippen molar-refractivity contribution < 1.29 is 19.0 Å². The Balaban J connectivity index is 2.06. The van der Waals surface area contributed by atoms with E-state index in [1.165, 1.54) is 15.9 Å². The van der Waals surface area contributed by atoms with Crippen molar-refractivity contribution >= 4 is 18.7 Å². The summed E-state index contributed by atoms with van der Waals surface area (Å²) in [6, 6.07) is 21.7. The average Bonchev–Trinajstić information content (AvgIpc) is 2.98. The third-order valence-electron chi connectivity index (χ3n) is 9.43. The topological polar surface area (TPSA) is 47.9 Å². The highest BCUT2D eigenvalue weighted by molar-refractivity contribution is 6.99. The molecule has 236 valence electrons. The maximum absolute atomic E-state index is 11.4. The highest BCUT2D eigenvalue weighted by atomic mass is 28.4. The number of ether oxygens (including phenoxy) is 2. The van der Waals surface area contributed by atoms with Gasteiger partial charge in [0.15, 0.2) is 0 Å². The summed E-state index contributed by atoms with van der Waals surface area (Å²) in [5.41, 5.74) is 1.39. The molecule has 0 heterocycles. The fourth-order valence-electron chi connectivity index (χ4n) is 7.25. The monoisotopic (exact) mass is 604 g/mol. The van der Waals surface area contributed by atoms with Gasteiger partial charge in [-0.2, -0.15) is 0 Å². The number of rotatable bonds is 16. The summed E-state index contributed by atoms with van der Waals surface area (Å²) in [5, 5.41) is 13.9. The number of benzene rings is 2. The van der Waals surface area contributed by atoms with Gasteiger partial charge in [0.1, 0.15) is 12.9 Å². The van der Waals surface area contributed by atoms with E-state index in [2.05, 4.69) is 121 Å². The van der Waals surface area contributed by atoms with Crippen LogP contribution in [-0.4, -0.2) is 45.6 Å². The smallest absolute Gasteiger partial charge is 0.261 e. The van der Waals surface area contributed by atoms with Crippen LogP contribution in [0.2, 0.25) is 5.04 Å². The second-order valence-electron chi connectivity index (χ2n) is 13.6. The molecule has 1 aliphatic rings. The third-order valence-corrected chi connectivity index (χ3v) is 14.5. The lowest BCUT2D eigenvalue weighted by Crippen LogP contribution is -2.67. The summed E-state index contributed by atoms with van der Waals surface area (Å²) in [5.74, 6) is 1.49. The van der Waals surface area contributed by atoms with E-state index in [0.29, 0.717) is 18.3 Å². The first-order valence-corrected chi connectivity index (χ1v) is 17.9. The van der Waals surface area contributed by atoms with Crippen LogP contribution in [0.4, 0.5) is 0 Å². The van der Waals surface area contributed by atoms with Crippen LogP contribution in [-0.2, 0) is 13.9 Å². The predicted molar refractivity (Wildman–Crippen MR) is 183 cm³/mol. The molecule has 1 aliphatic carbocycles. The van der Waals surface area contributed by atoms with Crippen LogP contribution >= 0.6 is 0 Å². The minimum Gasteiger partial charge on any atom is -0.404 e. The van der Waals surface area contributed by atoms with Gasteiger partial charge in [-0.05, 0) is 71.7 Å². The van der Waals surface area contributed by atoms with E-state index in [9.17, 15) is 5.11 Å². The fraction of sp³-hybridized carbons (Fsp3) is 0.526. The predicted octanol–water partition coefficient (Wildman–Crippen LogP) is 7.68. The van der Waals surface area contributed by atoms with Gasteiger partial charge in [-0.25, -0.2) is 0 Å². The lowest BCUT2D eigenvalue weighted by molar-refractivity contribution is -0.101. The number of aliphatic hydroxyl groups is 1.